The smallest absolute Gasteiger partial charge is 0.208 e. The Kier molecular flexibility index (Phi) is 1.57. The summed E-state index contributed by atoms with van der Waals surface area (Å²) < 4.78 is 0. The molecule has 0 fully saturated rings. The summed E-state index contributed by atoms with van der Waals surface area (Å²) in [7, 11) is 1.97. The Bertz CT molecular complexity index is 131. The van der Waals surface area contributed by atoms with Gasteiger partial charge in [-0.25, -0.2) is 10.8 Å². The van der Waals surface area contributed by atoms with Gasteiger partial charge in [-0.05, 0) is 6.92 Å². The fraction of sp³-hybridized carbons (Fsp3) is 0.800. The molecule has 4 heteroatoms. The monoisotopic (exact) mass is 128 g/mol. The molecule has 1 heterocycles. The summed E-state index contributed by atoms with van der Waals surface area (Å²) >= 11 is 0. The molecule has 0 aromatic rings. The minimum Gasteiger partial charge on any atom is -0.340 e. The number of rotatable bonds is 0. The van der Waals surface area contributed by atoms with E-state index in [1.807, 2.05) is 11.9 Å². The molecule has 1 aliphatic rings. The first-order valence-corrected chi connectivity index (χ1v) is 2.99. The van der Waals surface area contributed by atoms with Crippen LogP contribution in [-0.4, -0.2) is 30.5 Å². The zero-order chi connectivity index (χ0) is 6.85. The van der Waals surface area contributed by atoms with Crippen LogP contribution >= 0.6 is 0 Å². The van der Waals surface area contributed by atoms with Crippen molar-refractivity contribution < 1.29 is 0 Å². The van der Waals surface area contributed by atoms with Crippen molar-refractivity contribution in [2.75, 3.05) is 13.6 Å². The average molecular weight is 128 g/mol. The highest BCUT2D eigenvalue weighted by Crippen LogP contribution is 2.03. The fourth-order valence-corrected chi connectivity index (χ4v) is 0.809. The van der Waals surface area contributed by atoms with Gasteiger partial charge in [-0.1, -0.05) is 0 Å². The predicted molar refractivity (Wildman–Crippen MR) is 36.9 cm³/mol. The van der Waals surface area contributed by atoms with Crippen LogP contribution in [0.2, 0.25) is 0 Å². The number of nitrogens with one attached hydrogen (secondary N) is 1. The van der Waals surface area contributed by atoms with Gasteiger partial charge in [-0.3, -0.25) is 5.43 Å². The highest BCUT2D eigenvalue weighted by molar-refractivity contribution is 5.80. The SMILES string of the molecule is CC1CN=C(NN)N1C. The van der Waals surface area contributed by atoms with Crippen molar-refractivity contribution in [3.05, 3.63) is 0 Å². The van der Waals surface area contributed by atoms with Crippen LogP contribution in [0.4, 0.5) is 0 Å². The second-order valence-corrected chi connectivity index (χ2v) is 2.27. The van der Waals surface area contributed by atoms with Crippen LogP contribution in [0.3, 0.4) is 0 Å². The van der Waals surface area contributed by atoms with Gasteiger partial charge >= 0.3 is 0 Å². The molecule has 1 unspecified atom stereocenters. The van der Waals surface area contributed by atoms with Gasteiger partial charge in [0.15, 0.2) is 0 Å². The molecule has 0 radical (unpaired) electrons. The van der Waals surface area contributed by atoms with Crippen LogP contribution in [0.15, 0.2) is 4.99 Å². The van der Waals surface area contributed by atoms with Crippen molar-refractivity contribution in [2.24, 2.45) is 10.8 Å². The molecule has 0 saturated heterocycles. The van der Waals surface area contributed by atoms with Gasteiger partial charge in [0.25, 0.3) is 0 Å². The van der Waals surface area contributed by atoms with E-state index in [0.29, 0.717) is 6.04 Å². The first kappa shape index (κ1) is 6.35. The Morgan fingerprint density at radius 1 is 1.89 bits per heavy atom. The third-order valence-corrected chi connectivity index (χ3v) is 1.63. The van der Waals surface area contributed by atoms with Gasteiger partial charge in [0.2, 0.25) is 5.96 Å². The Morgan fingerprint density at radius 3 is 2.78 bits per heavy atom. The summed E-state index contributed by atoms with van der Waals surface area (Å²) in [4.78, 5) is 6.14. The topological polar surface area (TPSA) is 53.6 Å². The zero-order valence-corrected chi connectivity index (χ0v) is 5.76. The maximum atomic E-state index is 5.16. The lowest BCUT2D eigenvalue weighted by Crippen LogP contribution is -2.42. The van der Waals surface area contributed by atoms with Crippen molar-refractivity contribution in [3.8, 4) is 0 Å². The largest absolute Gasteiger partial charge is 0.340 e. The zero-order valence-electron chi connectivity index (χ0n) is 5.76. The van der Waals surface area contributed by atoms with Crippen LogP contribution < -0.4 is 11.3 Å². The molecule has 3 N–H and O–H groups in total. The Balaban J connectivity index is 2.55. The highest BCUT2D eigenvalue weighted by Gasteiger charge is 2.18. The summed E-state index contributed by atoms with van der Waals surface area (Å²) in [6.07, 6.45) is 0. The van der Waals surface area contributed by atoms with E-state index in [2.05, 4.69) is 17.3 Å². The number of nitrogens with zero attached hydrogens (tertiary/aromatic N) is 2. The van der Waals surface area contributed by atoms with Crippen LogP contribution in [0.1, 0.15) is 6.92 Å². The third-order valence-electron chi connectivity index (χ3n) is 1.63. The van der Waals surface area contributed by atoms with E-state index in [1.165, 1.54) is 0 Å². The number of guanidine groups is 1. The number of hydrazine groups is 1. The average Bonchev–Trinajstić information content (AvgIpc) is 2.15. The summed E-state index contributed by atoms with van der Waals surface area (Å²) in [5.41, 5.74) is 2.52. The molecule has 1 aliphatic heterocycles. The van der Waals surface area contributed by atoms with Gasteiger partial charge in [0, 0.05) is 13.1 Å². The quantitative estimate of drug-likeness (QED) is 0.330. The Morgan fingerprint density at radius 2 is 2.56 bits per heavy atom. The standard InChI is InChI=1S/C5H12N4/c1-4-3-7-5(8-6)9(4)2/h4H,3,6H2,1-2H3,(H,7,8). The Hall–Kier alpha value is -0.770. The number of nitrogens with two attached hydrogens (primary N) is 1. The molecule has 0 aliphatic carbocycles. The van der Waals surface area contributed by atoms with Crippen molar-refractivity contribution in [1.29, 1.82) is 0 Å². The van der Waals surface area contributed by atoms with Crippen LogP contribution in [0, 0.1) is 0 Å². The lowest BCUT2D eigenvalue weighted by molar-refractivity contribution is 0.421. The first-order valence-electron chi connectivity index (χ1n) is 2.99. The summed E-state index contributed by atoms with van der Waals surface area (Å²) in [6.45, 7) is 2.95. The molecule has 1 rings (SSSR count). The molecule has 0 aromatic carbocycles. The van der Waals surface area contributed by atoms with Crippen LogP contribution in [0.25, 0.3) is 0 Å². The highest BCUT2D eigenvalue weighted by atomic mass is 15.4. The molecular formula is C5H12N4. The normalized spacial score (nSPS) is 26.3. The van der Waals surface area contributed by atoms with Gasteiger partial charge in [-0.2, -0.15) is 0 Å². The third kappa shape index (κ3) is 0.977. The van der Waals surface area contributed by atoms with E-state index in [-0.39, 0.29) is 0 Å². The van der Waals surface area contributed by atoms with Crippen molar-refractivity contribution in [3.63, 3.8) is 0 Å². The van der Waals surface area contributed by atoms with Crippen molar-refractivity contribution in [1.82, 2.24) is 10.3 Å². The number of hydrogen-bond acceptors (Lipinski definition) is 4. The minimum absolute atomic E-state index is 0.482. The molecule has 0 bridgehead atoms. The van der Waals surface area contributed by atoms with Crippen molar-refractivity contribution >= 4 is 5.96 Å². The van der Waals surface area contributed by atoms with E-state index in [1.54, 1.807) is 0 Å². The van der Waals surface area contributed by atoms with E-state index in [4.69, 9.17) is 5.84 Å². The van der Waals surface area contributed by atoms with Gasteiger partial charge in [0.05, 0.1) is 6.54 Å². The summed E-state index contributed by atoms with van der Waals surface area (Å²) in [6, 6.07) is 0.482. The van der Waals surface area contributed by atoms with E-state index in [9.17, 15) is 0 Å². The first-order chi connectivity index (χ1) is 4.25. The maximum absolute atomic E-state index is 5.16. The van der Waals surface area contributed by atoms with Gasteiger partial charge in [0.1, 0.15) is 0 Å². The molecule has 0 aromatic heterocycles. The predicted octanol–water partition coefficient (Wildman–Crippen LogP) is -0.860. The second kappa shape index (κ2) is 2.23. The number of likely N-dealkylation sites (N-methyl/N-ethyl adjacent to an activating group) is 1. The lowest BCUT2D eigenvalue weighted by atomic mass is 10.3. The van der Waals surface area contributed by atoms with Crippen molar-refractivity contribution in [2.45, 2.75) is 13.0 Å². The molecule has 9 heavy (non-hydrogen) atoms. The number of hydrogen-bond donors (Lipinski definition) is 2. The second-order valence-electron chi connectivity index (χ2n) is 2.27. The summed E-state index contributed by atoms with van der Waals surface area (Å²) in [5.74, 6) is 5.94. The fourth-order valence-electron chi connectivity index (χ4n) is 0.809. The number of aliphatic imine (C=N–C) groups is 1. The molecule has 0 spiro atoms. The maximum Gasteiger partial charge on any atom is 0.208 e. The minimum atomic E-state index is 0.482. The van der Waals surface area contributed by atoms with E-state index >= 15 is 0 Å². The Labute approximate surface area is 54.7 Å². The molecule has 0 amide bonds. The van der Waals surface area contributed by atoms with Crippen LogP contribution in [-0.2, 0) is 0 Å². The van der Waals surface area contributed by atoms with E-state index in [0.717, 1.165) is 12.5 Å². The van der Waals surface area contributed by atoms with Gasteiger partial charge in [-0.15, -0.1) is 0 Å². The van der Waals surface area contributed by atoms with Gasteiger partial charge < -0.3 is 4.90 Å². The van der Waals surface area contributed by atoms with Crippen LogP contribution in [0.5, 0.6) is 0 Å². The summed E-state index contributed by atoms with van der Waals surface area (Å²) in [5, 5.41) is 0. The molecule has 4 nitrogen and oxygen atoms in total. The molecule has 0 saturated carbocycles. The molecule has 52 valence electrons. The molecular weight excluding hydrogens is 116 g/mol. The van der Waals surface area contributed by atoms with E-state index < -0.39 is 0 Å². The molecule has 1 atom stereocenters. The lowest BCUT2D eigenvalue weighted by Gasteiger charge is -2.17.